The molecular formula is C7H4F4INO. The van der Waals surface area contributed by atoms with E-state index in [2.05, 4.69) is 4.74 Å². The van der Waals surface area contributed by atoms with Crippen LogP contribution in [-0.2, 0) is 0 Å². The van der Waals surface area contributed by atoms with E-state index in [-0.39, 0.29) is 9.26 Å². The van der Waals surface area contributed by atoms with E-state index in [1.165, 1.54) is 0 Å². The summed E-state index contributed by atoms with van der Waals surface area (Å²) < 4.78 is 51.7. The second-order valence-electron chi connectivity index (χ2n) is 2.35. The lowest BCUT2D eigenvalue weighted by molar-refractivity contribution is -0.274. The van der Waals surface area contributed by atoms with Gasteiger partial charge < -0.3 is 10.5 Å². The number of alkyl halides is 3. The van der Waals surface area contributed by atoms with Gasteiger partial charge in [-0.2, -0.15) is 0 Å². The molecule has 0 aliphatic rings. The molecular weight excluding hydrogens is 317 g/mol. The molecule has 0 atom stereocenters. The summed E-state index contributed by atoms with van der Waals surface area (Å²) >= 11 is 1.54. The van der Waals surface area contributed by atoms with Crippen LogP contribution in [-0.4, -0.2) is 6.36 Å². The maximum atomic E-state index is 12.8. The molecule has 0 amide bonds. The van der Waals surface area contributed by atoms with Crippen LogP contribution in [0.5, 0.6) is 5.75 Å². The van der Waals surface area contributed by atoms with Crippen molar-refractivity contribution in [1.29, 1.82) is 0 Å². The molecule has 0 heterocycles. The highest BCUT2D eigenvalue weighted by Crippen LogP contribution is 2.30. The van der Waals surface area contributed by atoms with Crippen molar-refractivity contribution in [2.24, 2.45) is 0 Å². The summed E-state index contributed by atoms with van der Waals surface area (Å²) in [5.74, 6) is -1.28. The Morgan fingerprint density at radius 2 is 1.86 bits per heavy atom. The molecule has 1 aromatic carbocycles. The second kappa shape index (κ2) is 3.79. The molecule has 2 nitrogen and oxygen atoms in total. The lowest BCUT2D eigenvalue weighted by atomic mass is 10.3. The van der Waals surface area contributed by atoms with Gasteiger partial charge in [-0.05, 0) is 28.7 Å². The van der Waals surface area contributed by atoms with Crippen LogP contribution in [0.3, 0.4) is 0 Å². The molecule has 14 heavy (non-hydrogen) atoms. The fourth-order valence-corrected chi connectivity index (χ4v) is 1.20. The van der Waals surface area contributed by atoms with Gasteiger partial charge in [0.05, 0.1) is 9.26 Å². The topological polar surface area (TPSA) is 35.2 Å². The van der Waals surface area contributed by atoms with Crippen LogP contribution in [0.25, 0.3) is 0 Å². The number of benzene rings is 1. The second-order valence-corrected chi connectivity index (χ2v) is 3.51. The van der Waals surface area contributed by atoms with E-state index < -0.39 is 17.9 Å². The van der Waals surface area contributed by atoms with E-state index in [4.69, 9.17) is 5.73 Å². The molecule has 0 spiro atoms. The van der Waals surface area contributed by atoms with E-state index in [0.717, 1.165) is 12.1 Å². The van der Waals surface area contributed by atoms with Gasteiger partial charge >= 0.3 is 6.36 Å². The summed E-state index contributed by atoms with van der Waals surface area (Å²) in [6, 6.07) is 1.67. The van der Waals surface area contributed by atoms with Crippen molar-refractivity contribution in [2.75, 3.05) is 5.73 Å². The zero-order valence-electron chi connectivity index (χ0n) is 6.53. The molecule has 0 unspecified atom stereocenters. The van der Waals surface area contributed by atoms with Gasteiger partial charge in [-0.3, -0.25) is 0 Å². The predicted molar refractivity (Wildman–Crippen MR) is 50.2 cm³/mol. The average molecular weight is 321 g/mol. The highest BCUT2D eigenvalue weighted by Gasteiger charge is 2.32. The molecule has 0 saturated carbocycles. The van der Waals surface area contributed by atoms with E-state index >= 15 is 0 Å². The zero-order chi connectivity index (χ0) is 10.9. The SMILES string of the molecule is Nc1cc(F)c(I)cc1OC(F)(F)F. The molecule has 78 valence electrons. The maximum Gasteiger partial charge on any atom is 0.573 e. The lowest BCUT2D eigenvalue weighted by Gasteiger charge is -2.11. The minimum Gasteiger partial charge on any atom is -0.404 e. The first-order valence-corrected chi connectivity index (χ1v) is 4.38. The number of hydrogen-bond acceptors (Lipinski definition) is 2. The molecule has 1 rings (SSSR count). The molecule has 7 heteroatoms. The van der Waals surface area contributed by atoms with Gasteiger partial charge in [0.25, 0.3) is 0 Å². The molecule has 0 radical (unpaired) electrons. The van der Waals surface area contributed by atoms with Gasteiger partial charge in [0.15, 0.2) is 5.75 Å². The van der Waals surface area contributed by atoms with Crippen molar-refractivity contribution in [3.63, 3.8) is 0 Å². The number of nitrogens with two attached hydrogens (primary N) is 1. The summed E-state index contributed by atoms with van der Waals surface area (Å²) in [6.07, 6.45) is -4.82. The molecule has 0 fully saturated rings. The first-order valence-electron chi connectivity index (χ1n) is 3.30. The lowest BCUT2D eigenvalue weighted by Crippen LogP contribution is -2.18. The highest BCUT2D eigenvalue weighted by atomic mass is 127. The normalized spacial score (nSPS) is 11.5. The highest BCUT2D eigenvalue weighted by molar-refractivity contribution is 14.1. The largest absolute Gasteiger partial charge is 0.573 e. The number of ether oxygens (including phenoxy) is 1. The van der Waals surface area contributed by atoms with Crippen LogP contribution in [0.1, 0.15) is 0 Å². The van der Waals surface area contributed by atoms with Crippen molar-refractivity contribution in [1.82, 2.24) is 0 Å². The summed E-state index contributed by atoms with van der Waals surface area (Å²) in [7, 11) is 0. The third-order valence-electron chi connectivity index (χ3n) is 1.28. The Morgan fingerprint density at radius 3 is 2.36 bits per heavy atom. The van der Waals surface area contributed by atoms with Crippen LogP contribution in [0.2, 0.25) is 0 Å². The molecule has 1 aromatic rings. The number of nitrogen functional groups attached to an aromatic ring is 1. The summed E-state index contributed by atoms with van der Waals surface area (Å²) in [5, 5.41) is 0. The summed E-state index contributed by atoms with van der Waals surface area (Å²) in [5.41, 5.74) is 4.74. The van der Waals surface area contributed by atoms with E-state index in [9.17, 15) is 17.6 Å². The first-order chi connectivity index (χ1) is 6.29. The van der Waals surface area contributed by atoms with Gasteiger partial charge in [0.1, 0.15) is 5.82 Å². The Labute approximate surface area is 90.2 Å². The minimum absolute atomic E-state index is 0.0102. The van der Waals surface area contributed by atoms with Crippen LogP contribution < -0.4 is 10.5 Å². The number of hydrogen-bond donors (Lipinski definition) is 1. The molecule has 0 aliphatic carbocycles. The number of anilines is 1. The molecule has 0 bridgehead atoms. The minimum atomic E-state index is -4.82. The maximum absolute atomic E-state index is 12.8. The van der Waals surface area contributed by atoms with Crippen LogP contribution >= 0.6 is 22.6 Å². The fourth-order valence-electron chi connectivity index (χ4n) is 0.757. The predicted octanol–water partition coefficient (Wildman–Crippen LogP) is 2.91. The molecule has 0 aliphatic heterocycles. The Kier molecular flexibility index (Phi) is 3.07. The van der Waals surface area contributed by atoms with Crippen molar-refractivity contribution in [2.45, 2.75) is 6.36 Å². The van der Waals surface area contributed by atoms with Crippen molar-refractivity contribution < 1.29 is 22.3 Å². The third-order valence-corrected chi connectivity index (χ3v) is 2.11. The van der Waals surface area contributed by atoms with E-state index in [1.54, 1.807) is 22.6 Å². The van der Waals surface area contributed by atoms with Crippen molar-refractivity contribution in [3.8, 4) is 5.75 Å². The zero-order valence-corrected chi connectivity index (χ0v) is 8.69. The fraction of sp³-hybridized carbons (Fsp3) is 0.143. The van der Waals surface area contributed by atoms with Crippen LogP contribution in [0.15, 0.2) is 12.1 Å². The van der Waals surface area contributed by atoms with E-state index in [0.29, 0.717) is 0 Å². The van der Waals surface area contributed by atoms with Crippen molar-refractivity contribution in [3.05, 3.63) is 21.5 Å². The monoisotopic (exact) mass is 321 g/mol. The van der Waals surface area contributed by atoms with Gasteiger partial charge in [0, 0.05) is 6.07 Å². The Morgan fingerprint density at radius 1 is 1.29 bits per heavy atom. The van der Waals surface area contributed by atoms with Gasteiger partial charge in [0.2, 0.25) is 0 Å². The average Bonchev–Trinajstić information content (AvgIpc) is 1.97. The summed E-state index contributed by atoms with van der Waals surface area (Å²) in [6.45, 7) is 0. The Balaban J connectivity index is 3.04. The standard InChI is InChI=1S/C7H4F4INO/c8-3-1-5(13)6(2-4(3)12)14-7(9,10)11/h1-2H,13H2. The third kappa shape index (κ3) is 2.89. The summed E-state index contributed by atoms with van der Waals surface area (Å²) in [4.78, 5) is 0. The smallest absolute Gasteiger partial charge is 0.404 e. The van der Waals surface area contributed by atoms with Crippen molar-refractivity contribution >= 4 is 28.3 Å². The Hall–Kier alpha value is -0.730. The van der Waals surface area contributed by atoms with Gasteiger partial charge in [-0.15, -0.1) is 13.2 Å². The van der Waals surface area contributed by atoms with Gasteiger partial charge in [-0.1, -0.05) is 0 Å². The quantitative estimate of drug-likeness (QED) is 0.490. The van der Waals surface area contributed by atoms with Crippen LogP contribution in [0, 0.1) is 9.39 Å². The van der Waals surface area contributed by atoms with Crippen LogP contribution in [0.4, 0.5) is 23.2 Å². The number of rotatable bonds is 1. The van der Waals surface area contributed by atoms with E-state index in [1.807, 2.05) is 0 Å². The Bertz CT molecular complexity index is 352. The molecule has 2 N–H and O–H groups in total. The molecule has 0 saturated heterocycles. The number of halogens is 5. The molecule has 0 aromatic heterocycles. The first kappa shape index (κ1) is 11.3. The van der Waals surface area contributed by atoms with Gasteiger partial charge in [-0.25, -0.2) is 4.39 Å².